The van der Waals surface area contributed by atoms with E-state index in [1.54, 1.807) is 0 Å². The molecule has 3 heteroatoms. The van der Waals surface area contributed by atoms with Crippen molar-refractivity contribution in [3.05, 3.63) is 12.7 Å². The van der Waals surface area contributed by atoms with Gasteiger partial charge in [0.15, 0.2) is 0 Å². The van der Waals surface area contributed by atoms with Gasteiger partial charge in [0, 0.05) is 18.6 Å². The molecule has 0 aromatic carbocycles. The van der Waals surface area contributed by atoms with E-state index in [2.05, 4.69) is 11.5 Å². The molecule has 0 aromatic heterocycles. The van der Waals surface area contributed by atoms with Gasteiger partial charge in [0.05, 0.1) is 19.3 Å². The normalized spacial score (nSPS) is 26.9. The van der Waals surface area contributed by atoms with Crippen molar-refractivity contribution in [2.75, 3.05) is 26.3 Å². The second kappa shape index (κ2) is 5.98. The minimum Gasteiger partial charge on any atom is -0.391 e. The number of allylic oxidation sites excluding steroid dienone is 1. The average molecular weight is 239 g/mol. The number of aliphatic hydroxyl groups is 1. The number of rotatable bonds is 5. The fourth-order valence-electron chi connectivity index (χ4n) is 3.40. The molecule has 1 saturated carbocycles. The number of hydrogen-bond donors (Lipinski definition) is 1. The van der Waals surface area contributed by atoms with E-state index in [4.69, 9.17) is 4.74 Å². The first-order valence-corrected chi connectivity index (χ1v) is 6.91. The average Bonchev–Trinajstić information content (AvgIpc) is 2.87. The molecule has 1 N–H and O–H groups in total. The Bertz CT molecular complexity index is 243. The van der Waals surface area contributed by atoms with Crippen molar-refractivity contribution in [1.29, 1.82) is 0 Å². The van der Waals surface area contributed by atoms with Gasteiger partial charge in [-0.05, 0) is 25.7 Å². The van der Waals surface area contributed by atoms with Crippen LogP contribution in [0.1, 0.15) is 38.5 Å². The summed E-state index contributed by atoms with van der Waals surface area (Å²) in [5.74, 6) is 0. The fraction of sp³-hybridized carbons (Fsp3) is 0.857. The van der Waals surface area contributed by atoms with E-state index >= 15 is 0 Å². The lowest BCUT2D eigenvalue weighted by Crippen LogP contribution is -2.58. The zero-order valence-corrected chi connectivity index (χ0v) is 10.7. The first-order chi connectivity index (χ1) is 8.29. The third-order valence-corrected chi connectivity index (χ3v) is 4.37. The molecule has 2 rings (SSSR count). The van der Waals surface area contributed by atoms with Gasteiger partial charge in [-0.3, -0.25) is 4.90 Å². The molecule has 0 bridgehead atoms. The summed E-state index contributed by atoms with van der Waals surface area (Å²) in [5.41, 5.74) is 0.0345. The highest BCUT2D eigenvalue weighted by molar-refractivity contribution is 5.01. The number of hydrogen-bond acceptors (Lipinski definition) is 3. The molecule has 2 aliphatic rings. The van der Waals surface area contributed by atoms with Gasteiger partial charge in [0.1, 0.15) is 0 Å². The van der Waals surface area contributed by atoms with Gasteiger partial charge in [0.25, 0.3) is 0 Å². The second-order valence-corrected chi connectivity index (χ2v) is 5.29. The summed E-state index contributed by atoms with van der Waals surface area (Å²) in [7, 11) is 0. The van der Waals surface area contributed by atoms with Crippen LogP contribution in [0.5, 0.6) is 0 Å². The molecular weight excluding hydrogens is 214 g/mol. The van der Waals surface area contributed by atoms with Crippen molar-refractivity contribution >= 4 is 0 Å². The highest BCUT2D eigenvalue weighted by Gasteiger charge is 2.45. The van der Waals surface area contributed by atoms with Crippen LogP contribution in [0.25, 0.3) is 0 Å². The second-order valence-electron chi connectivity index (χ2n) is 5.29. The molecular formula is C14H25NO2. The predicted molar refractivity (Wildman–Crippen MR) is 69.0 cm³/mol. The first kappa shape index (κ1) is 13.1. The molecule has 17 heavy (non-hydrogen) atoms. The lowest BCUT2D eigenvalue weighted by atomic mass is 9.85. The standard InChI is InChI=1S/C14H25NO2/c1-2-3-6-13(16)14(7-4-5-8-14)15-9-11-17-12-10-15/h2,13,16H,1,3-12H2. The molecule has 1 aliphatic heterocycles. The van der Waals surface area contributed by atoms with Crippen molar-refractivity contribution in [1.82, 2.24) is 4.90 Å². The lowest BCUT2D eigenvalue weighted by molar-refractivity contribution is -0.0776. The van der Waals surface area contributed by atoms with Crippen LogP contribution in [0.4, 0.5) is 0 Å². The smallest absolute Gasteiger partial charge is 0.0726 e. The predicted octanol–water partition coefficient (Wildman–Crippen LogP) is 1.96. The third-order valence-electron chi connectivity index (χ3n) is 4.37. The van der Waals surface area contributed by atoms with Gasteiger partial charge >= 0.3 is 0 Å². The van der Waals surface area contributed by atoms with Crippen molar-refractivity contribution in [2.24, 2.45) is 0 Å². The van der Waals surface area contributed by atoms with E-state index < -0.39 is 0 Å². The molecule has 98 valence electrons. The number of morpholine rings is 1. The summed E-state index contributed by atoms with van der Waals surface area (Å²) in [5, 5.41) is 10.6. The van der Waals surface area contributed by atoms with Crippen molar-refractivity contribution in [3.8, 4) is 0 Å². The molecule has 1 atom stereocenters. The Balaban J connectivity index is 2.04. The maximum Gasteiger partial charge on any atom is 0.0726 e. The maximum absolute atomic E-state index is 10.6. The van der Waals surface area contributed by atoms with Crippen LogP contribution in [0.3, 0.4) is 0 Å². The molecule has 1 aliphatic carbocycles. The highest BCUT2D eigenvalue weighted by atomic mass is 16.5. The monoisotopic (exact) mass is 239 g/mol. The SMILES string of the molecule is C=CCCC(O)C1(N2CCOCC2)CCCC1. The summed E-state index contributed by atoms with van der Waals surface area (Å²) < 4.78 is 5.43. The lowest BCUT2D eigenvalue weighted by Gasteiger charge is -2.46. The Labute approximate surface area is 104 Å². The van der Waals surface area contributed by atoms with Crippen LogP contribution >= 0.6 is 0 Å². The number of nitrogens with zero attached hydrogens (tertiary/aromatic N) is 1. The number of aliphatic hydroxyl groups excluding tert-OH is 1. The van der Waals surface area contributed by atoms with E-state index in [-0.39, 0.29) is 11.6 Å². The van der Waals surface area contributed by atoms with E-state index in [9.17, 15) is 5.11 Å². The minimum absolute atomic E-state index is 0.0345. The van der Waals surface area contributed by atoms with Gasteiger partial charge in [-0.2, -0.15) is 0 Å². The Morgan fingerprint density at radius 1 is 1.29 bits per heavy atom. The van der Waals surface area contributed by atoms with Crippen LogP contribution in [-0.4, -0.2) is 48.0 Å². The molecule has 2 fully saturated rings. The van der Waals surface area contributed by atoms with Crippen LogP contribution in [0.15, 0.2) is 12.7 Å². The zero-order chi connectivity index (χ0) is 12.1. The summed E-state index contributed by atoms with van der Waals surface area (Å²) in [4.78, 5) is 2.48. The Hall–Kier alpha value is -0.380. The Kier molecular flexibility index (Phi) is 4.60. The fourth-order valence-corrected chi connectivity index (χ4v) is 3.40. The largest absolute Gasteiger partial charge is 0.391 e. The molecule has 1 heterocycles. The Morgan fingerprint density at radius 2 is 1.94 bits per heavy atom. The molecule has 0 radical (unpaired) electrons. The van der Waals surface area contributed by atoms with E-state index in [1.807, 2.05) is 6.08 Å². The van der Waals surface area contributed by atoms with E-state index in [1.165, 1.54) is 12.8 Å². The van der Waals surface area contributed by atoms with Gasteiger partial charge in [0.2, 0.25) is 0 Å². The quantitative estimate of drug-likeness (QED) is 0.744. The first-order valence-electron chi connectivity index (χ1n) is 6.91. The van der Waals surface area contributed by atoms with Gasteiger partial charge in [-0.15, -0.1) is 6.58 Å². The van der Waals surface area contributed by atoms with Crippen molar-refractivity contribution in [2.45, 2.75) is 50.2 Å². The molecule has 0 spiro atoms. The Morgan fingerprint density at radius 3 is 2.53 bits per heavy atom. The van der Waals surface area contributed by atoms with E-state index in [0.717, 1.165) is 52.0 Å². The van der Waals surface area contributed by atoms with Gasteiger partial charge in [-0.1, -0.05) is 18.9 Å². The molecule has 3 nitrogen and oxygen atoms in total. The number of ether oxygens (including phenoxy) is 1. The summed E-state index contributed by atoms with van der Waals surface area (Å²) in [6.07, 6.45) is 8.25. The molecule has 1 saturated heterocycles. The summed E-state index contributed by atoms with van der Waals surface area (Å²) in [6, 6.07) is 0. The molecule has 1 unspecified atom stereocenters. The highest BCUT2D eigenvalue weighted by Crippen LogP contribution is 2.39. The topological polar surface area (TPSA) is 32.7 Å². The molecule has 0 aromatic rings. The van der Waals surface area contributed by atoms with Crippen molar-refractivity contribution < 1.29 is 9.84 Å². The van der Waals surface area contributed by atoms with Gasteiger partial charge < -0.3 is 9.84 Å². The van der Waals surface area contributed by atoms with E-state index in [0.29, 0.717) is 0 Å². The summed E-state index contributed by atoms with van der Waals surface area (Å²) >= 11 is 0. The van der Waals surface area contributed by atoms with Crippen LogP contribution in [0.2, 0.25) is 0 Å². The maximum atomic E-state index is 10.6. The third kappa shape index (κ3) is 2.72. The van der Waals surface area contributed by atoms with Crippen molar-refractivity contribution in [3.63, 3.8) is 0 Å². The van der Waals surface area contributed by atoms with Gasteiger partial charge in [-0.25, -0.2) is 0 Å². The van der Waals surface area contributed by atoms with Crippen LogP contribution in [0, 0.1) is 0 Å². The van der Waals surface area contributed by atoms with Crippen LogP contribution in [-0.2, 0) is 4.74 Å². The zero-order valence-electron chi connectivity index (χ0n) is 10.7. The molecule has 0 amide bonds. The van der Waals surface area contributed by atoms with Crippen LogP contribution < -0.4 is 0 Å². The summed E-state index contributed by atoms with van der Waals surface area (Å²) in [6.45, 7) is 7.34. The minimum atomic E-state index is -0.207.